The van der Waals surface area contributed by atoms with Crippen LogP contribution < -0.4 is 10.9 Å². The lowest BCUT2D eigenvalue weighted by Gasteiger charge is -2.13. The van der Waals surface area contributed by atoms with E-state index in [0.29, 0.717) is 37.9 Å². The van der Waals surface area contributed by atoms with Gasteiger partial charge in [0.05, 0.1) is 46.1 Å². The van der Waals surface area contributed by atoms with Crippen molar-refractivity contribution in [3.8, 4) is 11.8 Å². The van der Waals surface area contributed by atoms with E-state index in [0.717, 1.165) is 11.8 Å². The Morgan fingerprint density at radius 3 is 2.68 bits per heavy atom. The molecule has 0 bridgehead atoms. The number of fused-ring (bicyclic) bond motifs is 1. The molecular weight excluding hydrogens is 472 g/mol. The molecule has 0 radical (unpaired) electrons. The van der Waals surface area contributed by atoms with Crippen LogP contribution in [0, 0.1) is 11.3 Å². The number of anilines is 1. The molecule has 2 aromatic heterocycles. The molecule has 2 heterocycles. The van der Waals surface area contributed by atoms with Gasteiger partial charge in [-0.15, -0.1) is 11.3 Å². The van der Waals surface area contributed by atoms with Crippen molar-refractivity contribution < 1.29 is 14.3 Å². The normalized spacial score (nSPS) is 10.6. The minimum Gasteiger partial charge on any atom is -0.462 e. The van der Waals surface area contributed by atoms with Gasteiger partial charge in [-0.1, -0.05) is 23.9 Å². The fourth-order valence-corrected chi connectivity index (χ4v) is 4.79. The lowest BCUT2D eigenvalue weighted by Crippen LogP contribution is -2.23. The van der Waals surface area contributed by atoms with E-state index >= 15 is 0 Å². The molecule has 0 aliphatic heterocycles. The zero-order valence-electron chi connectivity index (χ0n) is 18.0. The highest BCUT2D eigenvalue weighted by Crippen LogP contribution is 2.26. The number of rotatable bonds is 7. The van der Waals surface area contributed by atoms with Crippen LogP contribution in [0.1, 0.15) is 22.8 Å². The van der Waals surface area contributed by atoms with E-state index in [9.17, 15) is 14.4 Å². The van der Waals surface area contributed by atoms with Crippen molar-refractivity contribution in [2.24, 2.45) is 0 Å². The van der Waals surface area contributed by atoms with Gasteiger partial charge in [0.25, 0.3) is 5.56 Å². The van der Waals surface area contributed by atoms with Gasteiger partial charge in [-0.05, 0) is 54.8 Å². The largest absolute Gasteiger partial charge is 0.462 e. The van der Waals surface area contributed by atoms with Gasteiger partial charge in [0.2, 0.25) is 5.91 Å². The van der Waals surface area contributed by atoms with Crippen LogP contribution in [0.5, 0.6) is 0 Å². The first-order valence-corrected chi connectivity index (χ1v) is 12.1. The number of amides is 1. The zero-order chi connectivity index (χ0) is 24.1. The molecule has 170 valence electrons. The molecule has 10 heteroatoms. The standard InChI is InChI=1S/C24H18N4O4S2/c1-2-32-23(31)18-11-12-33-21(18)27-20(29)14-34-24-26-19-6-4-3-5-17(19)22(30)28(24)16-9-7-15(13-25)8-10-16/h3-12H,2,14H2,1H3,(H,27,29). The summed E-state index contributed by atoms with van der Waals surface area (Å²) < 4.78 is 6.44. The van der Waals surface area contributed by atoms with Crippen LogP contribution in [0.15, 0.2) is 69.9 Å². The molecule has 0 fully saturated rings. The summed E-state index contributed by atoms with van der Waals surface area (Å²) in [6, 6.07) is 17.2. The minimum atomic E-state index is -0.502. The molecule has 4 rings (SSSR count). The van der Waals surface area contributed by atoms with Crippen LogP contribution in [-0.2, 0) is 9.53 Å². The zero-order valence-corrected chi connectivity index (χ0v) is 19.6. The Morgan fingerprint density at radius 2 is 1.94 bits per heavy atom. The number of benzene rings is 2. The Morgan fingerprint density at radius 1 is 1.18 bits per heavy atom. The second-order valence-electron chi connectivity index (χ2n) is 6.93. The second kappa shape index (κ2) is 10.3. The average molecular weight is 491 g/mol. The summed E-state index contributed by atoms with van der Waals surface area (Å²) in [4.78, 5) is 42.6. The van der Waals surface area contributed by atoms with Gasteiger partial charge in [-0.3, -0.25) is 14.2 Å². The number of para-hydroxylation sites is 1. The molecule has 0 spiro atoms. The molecule has 0 atom stereocenters. The number of aromatic nitrogens is 2. The maximum Gasteiger partial charge on any atom is 0.341 e. The molecule has 0 aliphatic rings. The number of esters is 1. The smallest absolute Gasteiger partial charge is 0.341 e. The summed E-state index contributed by atoms with van der Waals surface area (Å²) in [5.74, 6) is -0.898. The van der Waals surface area contributed by atoms with Crippen molar-refractivity contribution in [2.45, 2.75) is 12.1 Å². The van der Waals surface area contributed by atoms with Crippen molar-refractivity contribution in [3.63, 3.8) is 0 Å². The van der Waals surface area contributed by atoms with Crippen LogP contribution in [-0.4, -0.2) is 33.8 Å². The maximum absolute atomic E-state index is 13.3. The van der Waals surface area contributed by atoms with Gasteiger partial charge in [-0.25, -0.2) is 9.78 Å². The van der Waals surface area contributed by atoms with Gasteiger partial charge < -0.3 is 10.1 Å². The lowest BCUT2D eigenvalue weighted by molar-refractivity contribution is -0.113. The molecule has 0 saturated carbocycles. The third kappa shape index (κ3) is 4.85. The van der Waals surface area contributed by atoms with Crippen LogP contribution in [0.4, 0.5) is 5.00 Å². The van der Waals surface area contributed by atoms with Crippen LogP contribution in [0.3, 0.4) is 0 Å². The monoisotopic (exact) mass is 490 g/mol. The van der Waals surface area contributed by atoms with Gasteiger partial charge in [0.1, 0.15) is 5.00 Å². The molecule has 1 amide bonds. The molecule has 0 unspecified atom stereocenters. The van der Waals surface area contributed by atoms with Crippen LogP contribution >= 0.6 is 23.1 Å². The van der Waals surface area contributed by atoms with Crippen molar-refractivity contribution in [1.82, 2.24) is 9.55 Å². The third-order valence-electron chi connectivity index (χ3n) is 4.75. The third-order valence-corrected chi connectivity index (χ3v) is 6.51. The fraction of sp³-hybridized carbons (Fsp3) is 0.125. The van der Waals surface area contributed by atoms with E-state index in [2.05, 4.69) is 16.4 Å². The number of thiophene rings is 1. The number of nitriles is 1. The SMILES string of the molecule is CCOC(=O)c1ccsc1NC(=O)CSc1nc2ccccc2c(=O)n1-c1ccc(C#N)cc1. The maximum atomic E-state index is 13.3. The molecular formula is C24H18N4O4S2. The van der Waals surface area contributed by atoms with Gasteiger partial charge in [-0.2, -0.15) is 5.26 Å². The highest BCUT2D eigenvalue weighted by molar-refractivity contribution is 7.99. The number of carbonyl (C=O) groups excluding carboxylic acids is 2. The Hall–Kier alpha value is -3.94. The Labute approximate surface area is 202 Å². The molecule has 34 heavy (non-hydrogen) atoms. The molecule has 0 saturated heterocycles. The summed E-state index contributed by atoms with van der Waals surface area (Å²) in [6.45, 7) is 1.95. The molecule has 0 aliphatic carbocycles. The highest BCUT2D eigenvalue weighted by Gasteiger charge is 2.18. The second-order valence-corrected chi connectivity index (χ2v) is 8.79. The summed E-state index contributed by atoms with van der Waals surface area (Å²) >= 11 is 2.32. The topological polar surface area (TPSA) is 114 Å². The van der Waals surface area contributed by atoms with Crippen molar-refractivity contribution >= 4 is 50.9 Å². The van der Waals surface area contributed by atoms with Crippen molar-refractivity contribution in [3.05, 3.63) is 81.5 Å². The quantitative estimate of drug-likeness (QED) is 0.234. The minimum absolute atomic E-state index is 0.0405. The Bertz CT molecular complexity index is 1470. The van der Waals surface area contributed by atoms with E-state index in [-0.39, 0.29) is 23.8 Å². The van der Waals surface area contributed by atoms with Crippen molar-refractivity contribution in [2.75, 3.05) is 17.7 Å². The summed E-state index contributed by atoms with van der Waals surface area (Å²) in [5.41, 5.74) is 1.54. The van der Waals surface area contributed by atoms with E-state index in [1.807, 2.05) is 0 Å². The predicted octanol–water partition coefficient (Wildman–Crippen LogP) is 4.23. The fourth-order valence-electron chi connectivity index (χ4n) is 3.19. The average Bonchev–Trinajstić information content (AvgIpc) is 3.31. The predicted molar refractivity (Wildman–Crippen MR) is 132 cm³/mol. The molecule has 1 N–H and O–H groups in total. The Kier molecular flexibility index (Phi) is 7.06. The summed E-state index contributed by atoms with van der Waals surface area (Å²) in [6.07, 6.45) is 0. The Balaban J connectivity index is 1.62. The lowest BCUT2D eigenvalue weighted by atomic mass is 10.2. The molecule has 2 aromatic carbocycles. The molecule has 4 aromatic rings. The number of thioether (sulfide) groups is 1. The van der Waals surface area contributed by atoms with Gasteiger partial charge >= 0.3 is 5.97 Å². The first-order chi connectivity index (χ1) is 16.5. The van der Waals surface area contributed by atoms with Crippen molar-refractivity contribution in [1.29, 1.82) is 5.26 Å². The summed E-state index contributed by atoms with van der Waals surface area (Å²) in [7, 11) is 0. The van der Waals surface area contributed by atoms with Gasteiger partial charge in [0.15, 0.2) is 5.16 Å². The van der Waals surface area contributed by atoms with Gasteiger partial charge in [0, 0.05) is 0 Å². The highest BCUT2D eigenvalue weighted by atomic mass is 32.2. The number of hydrogen-bond acceptors (Lipinski definition) is 8. The first kappa shape index (κ1) is 23.2. The summed E-state index contributed by atoms with van der Waals surface area (Å²) in [5, 5.41) is 14.7. The van der Waals surface area contributed by atoms with Crippen LogP contribution in [0.2, 0.25) is 0 Å². The van der Waals surface area contributed by atoms with Crippen LogP contribution in [0.25, 0.3) is 16.6 Å². The first-order valence-electron chi connectivity index (χ1n) is 10.2. The number of nitrogens with zero attached hydrogens (tertiary/aromatic N) is 3. The van der Waals surface area contributed by atoms with E-state index in [1.165, 1.54) is 15.9 Å². The van der Waals surface area contributed by atoms with E-state index < -0.39 is 5.97 Å². The number of ether oxygens (including phenoxy) is 1. The van der Waals surface area contributed by atoms with E-state index in [1.54, 1.807) is 66.9 Å². The molecule has 8 nitrogen and oxygen atoms in total. The van der Waals surface area contributed by atoms with E-state index in [4.69, 9.17) is 10.00 Å². The number of carbonyl (C=O) groups is 2. The number of hydrogen-bond donors (Lipinski definition) is 1. The number of nitrogens with one attached hydrogen (secondary N) is 1.